The average molecular weight is 360 g/mol. The number of hydrogen-bond donors (Lipinski definition) is 1. The zero-order valence-electron chi connectivity index (χ0n) is 12.2. The highest BCUT2D eigenvalue weighted by Gasteiger charge is 2.09. The molecule has 1 aromatic carbocycles. The largest absolute Gasteiger partial charge is 0.437 e. The molecule has 0 saturated heterocycles. The van der Waals surface area contributed by atoms with E-state index in [4.69, 9.17) is 27.9 Å². The summed E-state index contributed by atoms with van der Waals surface area (Å²) in [5.41, 5.74) is 0.935. The SMILES string of the molecule is O=C(Nc1ccc(Oc2cccnc2)nc1)c1ccc(Cl)c(Cl)c1. The first-order chi connectivity index (χ1) is 11.6. The molecule has 3 aromatic rings. The van der Waals surface area contributed by atoms with Crippen LogP contribution in [0.5, 0.6) is 11.6 Å². The molecule has 120 valence electrons. The van der Waals surface area contributed by atoms with E-state index in [0.29, 0.717) is 32.9 Å². The Morgan fingerprint density at radius 1 is 1.04 bits per heavy atom. The topological polar surface area (TPSA) is 64.1 Å². The van der Waals surface area contributed by atoms with Gasteiger partial charge in [0.2, 0.25) is 5.88 Å². The van der Waals surface area contributed by atoms with E-state index < -0.39 is 0 Å². The number of hydrogen-bond acceptors (Lipinski definition) is 4. The summed E-state index contributed by atoms with van der Waals surface area (Å²) in [6.45, 7) is 0. The lowest BCUT2D eigenvalue weighted by Gasteiger charge is -2.07. The first-order valence-corrected chi connectivity index (χ1v) is 7.68. The first kappa shape index (κ1) is 16.2. The van der Waals surface area contributed by atoms with Gasteiger partial charge in [-0.15, -0.1) is 0 Å². The second-order valence-corrected chi connectivity index (χ2v) is 5.57. The summed E-state index contributed by atoms with van der Waals surface area (Å²) in [5.74, 6) is 0.671. The molecule has 24 heavy (non-hydrogen) atoms. The third kappa shape index (κ3) is 4.01. The van der Waals surface area contributed by atoms with Crippen LogP contribution in [0.2, 0.25) is 10.0 Å². The van der Waals surface area contributed by atoms with Gasteiger partial charge < -0.3 is 10.1 Å². The Bertz CT molecular complexity index is 855. The number of halogens is 2. The van der Waals surface area contributed by atoms with Crippen molar-refractivity contribution in [3.05, 3.63) is 76.7 Å². The minimum absolute atomic E-state index is 0.309. The Kier molecular flexibility index (Phi) is 4.93. The third-order valence-corrected chi connectivity index (χ3v) is 3.77. The van der Waals surface area contributed by atoms with Gasteiger partial charge in [0.05, 0.1) is 28.1 Å². The summed E-state index contributed by atoms with van der Waals surface area (Å²) >= 11 is 11.8. The van der Waals surface area contributed by atoms with Gasteiger partial charge in [-0.2, -0.15) is 0 Å². The second-order valence-electron chi connectivity index (χ2n) is 4.76. The summed E-state index contributed by atoms with van der Waals surface area (Å²) < 4.78 is 5.53. The second kappa shape index (κ2) is 7.29. The van der Waals surface area contributed by atoms with E-state index in [1.165, 1.54) is 12.3 Å². The summed E-state index contributed by atoms with van der Waals surface area (Å²) in [5, 5.41) is 3.44. The molecule has 0 aliphatic carbocycles. The molecule has 0 aliphatic rings. The number of nitrogens with zero attached hydrogens (tertiary/aromatic N) is 2. The van der Waals surface area contributed by atoms with Crippen LogP contribution in [0.3, 0.4) is 0 Å². The van der Waals surface area contributed by atoms with E-state index in [0.717, 1.165) is 0 Å². The summed E-state index contributed by atoms with van der Waals surface area (Å²) in [6.07, 6.45) is 4.74. The maximum absolute atomic E-state index is 12.2. The third-order valence-electron chi connectivity index (χ3n) is 3.03. The molecule has 7 heteroatoms. The van der Waals surface area contributed by atoms with Crippen LogP contribution in [0.25, 0.3) is 0 Å². The maximum atomic E-state index is 12.2. The van der Waals surface area contributed by atoms with Crippen LogP contribution < -0.4 is 10.1 Å². The fourth-order valence-corrected chi connectivity index (χ4v) is 2.18. The molecule has 2 heterocycles. The van der Waals surface area contributed by atoms with Crippen LogP contribution in [0.4, 0.5) is 5.69 Å². The van der Waals surface area contributed by atoms with E-state index >= 15 is 0 Å². The van der Waals surface area contributed by atoms with Crippen molar-refractivity contribution < 1.29 is 9.53 Å². The molecule has 1 N–H and O–H groups in total. The molecule has 0 atom stereocenters. The predicted octanol–water partition coefficient (Wildman–Crippen LogP) is 4.83. The van der Waals surface area contributed by atoms with Crippen LogP contribution in [0.15, 0.2) is 61.1 Å². The molecule has 0 aliphatic heterocycles. The summed E-state index contributed by atoms with van der Waals surface area (Å²) in [7, 11) is 0. The summed E-state index contributed by atoms with van der Waals surface area (Å²) in [6, 6.07) is 11.5. The minimum atomic E-state index is -0.309. The number of amides is 1. The van der Waals surface area contributed by atoms with Gasteiger partial charge in [-0.3, -0.25) is 9.78 Å². The van der Waals surface area contributed by atoms with Gasteiger partial charge in [0.25, 0.3) is 5.91 Å². The Morgan fingerprint density at radius 3 is 2.58 bits per heavy atom. The summed E-state index contributed by atoms with van der Waals surface area (Å²) in [4.78, 5) is 20.3. The molecule has 0 fully saturated rings. The zero-order valence-corrected chi connectivity index (χ0v) is 13.8. The van der Waals surface area contributed by atoms with Crippen LogP contribution >= 0.6 is 23.2 Å². The molecular formula is C17H11Cl2N3O2. The van der Waals surface area contributed by atoms with Crippen molar-refractivity contribution in [2.75, 3.05) is 5.32 Å². The number of carbonyl (C=O) groups is 1. The molecule has 5 nitrogen and oxygen atoms in total. The lowest BCUT2D eigenvalue weighted by Crippen LogP contribution is -2.12. The van der Waals surface area contributed by atoms with Gasteiger partial charge in [-0.1, -0.05) is 23.2 Å². The van der Waals surface area contributed by atoms with E-state index in [9.17, 15) is 4.79 Å². The minimum Gasteiger partial charge on any atom is -0.437 e. The Balaban J connectivity index is 1.67. The van der Waals surface area contributed by atoms with Crippen molar-refractivity contribution in [1.82, 2.24) is 9.97 Å². The van der Waals surface area contributed by atoms with Gasteiger partial charge in [0.15, 0.2) is 0 Å². The van der Waals surface area contributed by atoms with E-state index in [1.807, 2.05) is 0 Å². The molecular weight excluding hydrogens is 349 g/mol. The highest BCUT2D eigenvalue weighted by Crippen LogP contribution is 2.23. The van der Waals surface area contributed by atoms with Gasteiger partial charge in [-0.25, -0.2) is 4.98 Å². The van der Waals surface area contributed by atoms with Crippen molar-refractivity contribution in [3.63, 3.8) is 0 Å². The quantitative estimate of drug-likeness (QED) is 0.724. The van der Waals surface area contributed by atoms with E-state index in [1.54, 1.807) is 48.8 Å². The van der Waals surface area contributed by atoms with E-state index in [-0.39, 0.29) is 5.91 Å². The standard InChI is InChI=1S/C17H11Cl2N3O2/c18-14-5-3-11(8-15(14)19)17(23)22-12-4-6-16(21-9-12)24-13-2-1-7-20-10-13/h1-10H,(H,22,23). The zero-order chi connectivity index (χ0) is 16.9. The van der Waals surface area contributed by atoms with Gasteiger partial charge in [-0.05, 0) is 36.4 Å². The number of rotatable bonds is 4. The van der Waals surface area contributed by atoms with Crippen molar-refractivity contribution in [1.29, 1.82) is 0 Å². The average Bonchev–Trinajstić information content (AvgIpc) is 2.60. The van der Waals surface area contributed by atoms with Crippen molar-refractivity contribution >= 4 is 34.8 Å². The lowest BCUT2D eigenvalue weighted by atomic mass is 10.2. The fourth-order valence-electron chi connectivity index (χ4n) is 1.88. The van der Waals surface area contributed by atoms with Crippen LogP contribution in [-0.2, 0) is 0 Å². The van der Waals surface area contributed by atoms with Gasteiger partial charge in [0, 0.05) is 17.8 Å². The van der Waals surface area contributed by atoms with Crippen molar-refractivity contribution in [2.24, 2.45) is 0 Å². The number of anilines is 1. The van der Waals surface area contributed by atoms with Crippen LogP contribution in [-0.4, -0.2) is 15.9 Å². The number of pyridine rings is 2. The maximum Gasteiger partial charge on any atom is 0.255 e. The molecule has 0 saturated carbocycles. The number of carbonyl (C=O) groups excluding carboxylic acids is 1. The molecule has 0 bridgehead atoms. The Labute approximate surface area is 148 Å². The van der Waals surface area contributed by atoms with Crippen molar-refractivity contribution in [3.8, 4) is 11.6 Å². The molecule has 2 aromatic heterocycles. The normalized spacial score (nSPS) is 10.2. The van der Waals surface area contributed by atoms with Crippen molar-refractivity contribution in [2.45, 2.75) is 0 Å². The molecule has 0 unspecified atom stereocenters. The number of aromatic nitrogens is 2. The number of benzene rings is 1. The number of nitrogens with one attached hydrogen (secondary N) is 1. The van der Waals surface area contributed by atoms with E-state index in [2.05, 4.69) is 15.3 Å². The van der Waals surface area contributed by atoms with Gasteiger partial charge in [0.1, 0.15) is 5.75 Å². The highest BCUT2D eigenvalue weighted by molar-refractivity contribution is 6.42. The number of ether oxygens (including phenoxy) is 1. The first-order valence-electron chi connectivity index (χ1n) is 6.92. The fraction of sp³-hybridized carbons (Fsp3) is 0. The van der Waals surface area contributed by atoms with Gasteiger partial charge >= 0.3 is 0 Å². The molecule has 3 rings (SSSR count). The molecule has 0 spiro atoms. The molecule has 1 amide bonds. The smallest absolute Gasteiger partial charge is 0.255 e. The molecule has 0 radical (unpaired) electrons. The Hall–Kier alpha value is -2.63. The lowest BCUT2D eigenvalue weighted by molar-refractivity contribution is 0.102. The predicted molar refractivity (Wildman–Crippen MR) is 93.0 cm³/mol. The highest BCUT2D eigenvalue weighted by atomic mass is 35.5. The van der Waals surface area contributed by atoms with Crippen LogP contribution in [0.1, 0.15) is 10.4 Å². The Morgan fingerprint density at radius 2 is 1.92 bits per heavy atom. The van der Waals surface area contributed by atoms with Crippen LogP contribution in [0, 0.1) is 0 Å². The monoisotopic (exact) mass is 359 g/mol.